The van der Waals surface area contributed by atoms with Crippen LogP contribution in [-0.2, 0) is 4.79 Å². The van der Waals surface area contributed by atoms with Gasteiger partial charge in [-0.2, -0.15) is 0 Å². The Morgan fingerprint density at radius 3 is 2.48 bits per heavy atom. The molecule has 7 heteroatoms. The Bertz CT molecular complexity index is 519. The standard InChI is InChI=1S/C14H21N3O3S/c1-9(15)12-16-10(8-21-12)11(18)17-14(13(19)20)6-4-2-3-5-7-14/h8-9H,2-7,15H2,1H3,(H,17,18)(H,19,20). The minimum atomic E-state index is -1.16. The van der Waals surface area contributed by atoms with E-state index >= 15 is 0 Å². The quantitative estimate of drug-likeness (QED) is 0.738. The SMILES string of the molecule is CC(N)c1nc(C(=O)NC2(C(=O)O)CCCCCC2)cs1. The summed E-state index contributed by atoms with van der Waals surface area (Å²) in [7, 11) is 0. The summed E-state index contributed by atoms with van der Waals surface area (Å²) in [5, 5.41) is 14.6. The van der Waals surface area contributed by atoms with Gasteiger partial charge < -0.3 is 16.2 Å². The van der Waals surface area contributed by atoms with Crippen LogP contribution < -0.4 is 11.1 Å². The fourth-order valence-electron chi connectivity index (χ4n) is 2.61. The molecule has 2 rings (SSSR count). The van der Waals surface area contributed by atoms with Crippen LogP contribution in [0.1, 0.15) is 67.0 Å². The van der Waals surface area contributed by atoms with E-state index in [-0.39, 0.29) is 11.7 Å². The number of thiazole rings is 1. The van der Waals surface area contributed by atoms with Crippen LogP contribution in [0.4, 0.5) is 0 Å². The van der Waals surface area contributed by atoms with Crippen molar-refractivity contribution in [3.8, 4) is 0 Å². The molecule has 0 aromatic carbocycles. The number of carbonyl (C=O) groups excluding carboxylic acids is 1. The number of nitrogens with two attached hydrogens (primary N) is 1. The highest BCUT2D eigenvalue weighted by Crippen LogP contribution is 2.28. The summed E-state index contributed by atoms with van der Waals surface area (Å²) in [5.41, 5.74) is 4.81. The predicted molar refractivity (Wildman–Crippen MR) is 80.3 cm³/mol. The Morgan fingerprint density at radius 2 is 2.00 bits per heavy atom. The number of amides is 1. The molecule has 1 amide bonds. The maximum absolute atomic E-state index is 12.3. The van der Waals surface area contributed by atoms with Crippen LogP contribution >= 0.6 is 11.3 Å². The predicted octanol–water partition coefficient (Wildman–Crippen LogP) is 2.07. The molecule has 0 radical (unpaired) electrons. The monoisotopic (exact) mass is 311 g/mol. The van der Waals surface area contributed by atoms with E-state index < -0.39 is 17.4 Å². The number of aliphatic carboxylic acids is 1. The molecule has 116 valence electrons. The van der Waals surface area contributed by atoms with E-state index in [0.29, 0.717) is 17.8 Å². The van der Waals surface area contributed by atoms with Gasteiger partial charge in [0.2, 0.25) is 0 Å². The first-order valence-electron chi connectivity index (χ1n) is 7.21. The lowest BCUT2D eigenvalue weighted by Crippen LogP contribution is -2.54. The van der Waals surface area contributed by atoms with Gasteiger partial charge in [-0.05, 0) is 19.8 Å². The molecule has 0 saturated heterocycles. The lowest BCUT2D eigenvalue weighted by Gasteiger charge is -2.28. The van der Waals surface area contributed by atoms with Crippen LogP contribution in [0.3, 0.4) is 0 Å². The van der Waals surface area contributed by atoms with E-state index in [1.165, 1.54) is 11.3 Å². The van der Waals surface area contributed by atoms with Gasteiger partial charge >= 0.3 is 5.97 Å². The van der Waals surface area contributed by atoms with Crippen molar-refractivity contribution >= 4 is 23.2 Å². The first-order chi connectivity index (χ1) is 9.94. The highest BCUT2D eigenvalue weighted by Gasteiger charge is 2.40. The minimum Gasteiger partial charge on any atom is -0.480 e. The Kier molecular flexibility index (Phi) is 4.95. The number of nitrogens with one attached hydrogen (secondary N) is 1. The van der Waals surface area contributed by atoms with Gasteiger partial charge in [-0.15, -0.1) is 11.3 Å². The second-order valence-electron chi connectivity index (χ2n) is 5.62. The lowest BCUT2D eigenvalue weighted by molar-refractivity contribution is -0.145. The molecule has 1 heterocycles. The molecule has 1 fully saturated rings. The van der Waals surface area contributed by atoms with Gasteiger partial charge in [0.25, 0.3) is 5.91 Å². The first kappa shape index (κ1) is 15.9. The maximum Gasteiger partial charge on any atom is 0.329 e. The second-order valence-corrected chi connectivity index (χ2v) is 6.50. The van der Waals surface area contributed by atoms with Gasteiger partial charge in [0, 0.05) is 5.38 Å². The third-order valence-corrected chi connectivity index (χ3v) is 4.91. The van der Waals surface area contributed by atoms with E-state index in [2.05, 4.69) is 10.3 Å². The molecule has 1 atom stereocenters. The summed E-state index contributed by atoms with van der Waals surface area (Å²) in [4.78, 5) is 28.1. The van der Waals surface area contributed by atoms with Crippen molar-refractivity contribution < 1.29 is 14.7 Å². The summed E-state index contributed by atoms with van der Waals surface area (Å²) in [6, 6.07) is -0.233. The summed E-state index contributed by atoms with van der Waals surface area (Å²) in [6.07, 6.45) is 4.59. The van der Waals surface area contributed by atoms with Crippen molar-refractivity contribution in [2.45, 2.75) is 57.0 Å². The van der Waals surface area contributed by atoms with Crippen molar-refractivity contribution in [1.82, 2.24) is 10.3 Å². The average molecular weight is 311 g/mol. The van der Waals surface area contributed by atoms with Crippen molar-refractivity contribution in [3.05, 3.63) is 16.1 Å². The summed E-state index contributed by atoms with van der Waals surface area (Å²) < 4.78 is 0. The molecule has 1 unspecified atom stereocenters. The second kappa shape index (κ2) is 6.53. The van der Waals surface area contributed by atoms with E-state index in [9.17, 15) is 14.7 Å². The summed E-state index contributed by atoms with van der Waals surface area (Å²) in [6.45, 7) is 1.80. The third-order valence-electron chi connectivity index (χ3n) is 3.86. The van der Waals surface area contributed by atoms with Crippen molar-refractivity contribution in [3.63, 3.8) is 0 Å². The van der Waals surface area contributed by atoms with Crippen LogP contribution in [0.25, 0.3) is 0 Å². The highest BCUT2D eigenvalue weighted by atomic mass is 32.1. The van der Waals surface area contributed by atoms with Gasteiger partial charge in [0.05, 0.1) is 6.04 Å². The molecule has 6 nitrogen and oxygen atoms in total. The molecule has 1 aliphatic carbocycles. The average Bonchev–Trinajstić information content (AvgIpc) is 2.81. The minimum absolute atomic E-state index is 0.233. The number of nitrogens with zero attached hydrogens (tertiary/aromatic N) is 1. The van der Waals surface area contributed by atoms with Gasteiger partial charge in [-0.3, -0.25) is 4.79 Å². The molecule has 0 bridgehead atoms. The van der Waals surface area contributed by atoms with Crippen LogP contribution in [0.2, 0.25) is 0 Å². The highest BCUT2D eigenvalue weighted by molar-refractivity contribution is 7.09. The molecule has 0 spiro atoms. The number of aromatic nitrogens is 1. The Morgan fingerprint density at radius 1 is 1.38 bits per heavy atom. The Labute approximate surface area is 127 Å². The molecular weight excluding hydrogens is 290 g/mol. The molecule has 1 aliphatic rings. The zero-order chi connectivity index (χ0) is 15.5. The van der Waals surface area contributed by atoms with Gasteiger partial charge in [-0.25, -0.2) is 9.78 Å². The van der Waals surface area contributed by atoms with Gasteiger partial charge in [0.1, 0.15) is 16.2 Å². The normalized spacial score (nSPS) is 19.5. The molecule has 1 saturated carbocycles. The zero-order valence-corrected chi connectivity index (χ0v) is 12.9. The van der Waals surface area contributed by atoms with E-state index in [4.69, 9.17) is 5.73 Å². The number of carboxylic acids is 1. The zero-order valence-electron chi connectivity index (χ0n) is 12.1. The van der Waals surface area contributed by atoms with E-state index in [1.54, 1.807) is 12.3 Å². The fourth-order valence-corrected chi connectivity index (χ4v) is 3.36. The molecular formula is C14H21N3O3S. The number of rotatable bonds is 4. The van der Waals surface area contributed by atoms with Crippen molar-refractivity contribution in [2.75, 3.05) is 0 Å². The number of hydrogen-bond donors (Lipinski definition) is 3. The summed E-state index contributed by atoms with van der Waals surface area (Å²) >= 11 is 1.32. The third kappa shape index (κ3) is 3.59. The molecule has 0 aliphatic heterocycles. The maximum atomic E-state index is 12.3. The Balaban J connectivity index is 2.15. The van der Waals surface area contributed by atoms with E-state index in [1.807, 2.05) is 0 Å². The number of carboxylic acid groups (broad SMARTS) is 1. The van der Waals surface area contributed by atoms with Crippen molar-refractivity contribution in [1.29, 1.82) is 0 Å². The van der Waals surface area contributed by atoms with Crippen LogP contribution in [0.15, 0.2) is 5.38 Å². The molecule has 1 aromatic rings. The van der Waals surface area contributed by atoms with E-state index in [0.717, 1.165) is 25.7 Å². The molecule has 1 aromatic heterocycles. The Hall–Kier alpha value is -1.47. The van der Waals surface area contributed by atoms with Crippen LogP contribution in [0, 0.1) is 0 Å². The van der Waals surface area contributed by atoms with Gasteiger partial charge in [0.15, 0.2) is 0 Å². The van der Waals surface area contributed by atoms with Crippen LogP contribution in [0.5, 0.6) is 0 Å². The summed E-state index contributed by atoms with van der Waals surface area (Å²) in [5.74, 6) is -1.39. The fraction of sp³-hybridized carbons (Fsp3) is 0.643. The number of carbonyl (C=O) groups is 2. The molecule has 21 heavy (non-hydrogen) atoms. The largest absolute Gasteiger partial charge is 0.480 e. The van der Waals surface area contributed by atoms with Gasteiger partial charge in [-0.1, -0.05) is 25.7 Å². The van der Waals surface area contributed by atoms with Crippen LogP contribution in [-0.4, -0.2) is 27.5 Å². The number of hydrogen-bond acceptors (Lipinski definition) is 5. The topological polar surface area (TPSA) is 105 Å². The molecule has 4 N–H and O–H groups in total. The van der Waals surface area contributed by atoms with Crippen molar-refractivity contribution in [2.24, 2.45) is 5.73 Å². The first-order valence-corrected chi connectivity index (χ1v) is 8.09. The lowest BCUT2D eigenvalue weighted by atomic mass is 9.90. The smallest absolute Gasteiger partial charge is 0.329 e.